The van der Waals surface area contributed by atoms with Crippen LogP contribution in [-0.2, 0) is 13.6 Å². The molecule has 0 amide bonds. The number of nitrogens with zero attached hydrogens (tertiary/aromatic N) is 4. The van der Waals surface area contributed by atoms with Crippen molar-refractivity contribution in [3.05, 3.63) is 41.6 Å². The Bertz CT molecular complexity index is 885. The van der Waals surface area contributed by atoms with Crippen LogP contribution in [0.5, 0.6) is 0 Å². The first-order valence-corrected chi connectivity index (χ1v) is 8.95. The number of anilines is 2. The van der Waals surface area contributed by atoms with E-state index in [1.807, 2.05) is 13.2 Å². The van der Waals surface area contributed by atoms with E-state index in [0.29, 0.717) is 12.0 Å². The molecule has 0 spiro atoms. The molecule has 0 atom stereocenters. The standard InChI is InChI=1S/C19H24N6.ClH/c1-13-7-3-4-8-14(13)11-20-17-16-12-21-25(2)18(16)24-19(23-17)22-15-9-5-6-10-15;/h3-4,7-8,12,15H,5-6,9-11H2,1-2H3,(H2,20,22,23,24);1H. The minimum absolute atomic E-state index is 0. The van der Waals surface area contributed by atoms with Gasteiger partial charge >= 0.3 is 0 Å². The van der Waals surface area contributed by atoms with E-state index in [9.17, 15) is 0 Å². The molecule has 1 saturated carbocycles. The molecule has 26 heavy (non-hydrogen) atoms. The maximum absolute atomic E-state index is 4.74. The SMILES string of the molecule is Cc1ccccc1CNc1nc(NC2CCCC2)nc2c1cnn2C.Cl. The lowest BCUT2D eigenvalue weighted by molar-refractivity contribution is 0.741. The average Bonchev–Trinajstić information content (AvgIpc) is 3.25. The molecule has 0 unspecified atom stereocenters. The number of aryl methyl sites for hydroxylation is 2. The molecule has 4 rings (SSSR count). The van der Waals surface area contributed by atoms with E-state index in [1.54, 1.807) is 4.68 Å². The van der Waals surface area contributed by atoms with Gasteiger partial charge in [-0.3, -0.25) is 4.68 Å². The maximum Gasteiger partial charge on any atom is 0.226 e. The highest BCUT2D eigenvalue weighted by atomic mass is 35.5. The number of benzene rings is 1. The normalized spacial score (nSPS) is 14.4. The van der Waals surface area contributed by atoms with Crippen LogP contribution >= 0.6 is 12.4 Å². The van der Waals surface area contributed by atoms with Gasteiger partial charge in [0, 0.05) is 19.6 Å². The lowest BCUT2D eigenvalue weighted by atomic mass is 10.1. The van der Waals surface area contributed by atoms with Crippen molar-refractivity contribution >= 4 is 35.2 Å². The van der Waals surface area contributed by atoms with Gasteiger partial charge in [-0.25, -0.2) is 0 Å². The third-order valence-electron chi connectivity index (χ3n) is 4.99. The van der Waals surface area contributed by atoms with Gasteiger partial charge in [0.1, 0.15) is 5.82 Å². The first-order valence-electron chi connectivity index (χ1n) is 8.95. The predicted octanol–water partition coefficient (Wildman–Crippen LogP) is 4.06. The zero-order valence-electron chi connectivity index (χ0n) is 15.2. The van der Waals surface area contributed by atoms with Crippen LogP contribution in [0.1, 0.15) is 36.8 Å². The zero-order valence-corrected chi connectivity index (χ0v) is 16.0. The van der Waals surface area contributed by atoms with Crippen molar-refractivity contribution < 1.29 is 0 Å². The maximum atomic E-state index is 4.74. The molecule has 1 aliphatic rings. The molecule has 2 aromatic heterocycles. The van der Waals surface area contributed by atoms with Crippen LogP contribution in [0.25, 0.3) is 11.0 Å². The van der Waals surface area contributed by atoms with E-state index in [0.717, 1.165) is 23.4 Å². The van der Waals surface area contributed by atoms with Gasteiger partial charge in [-0.2, -0.15) is 15.1 Å². The van der Waals surface area contributed by atoms with Crippen molar-refractivity contribution in [3.8, 4) is 0 Å². The highest BCUT2D eigenvalue weighted by molar-refractivity contribution is 5.87. The fourth-order valence-corrected chi connectivity index (χ4v) is 3.46. The highest BCUT2D eigenvalue weighted by Gasteiger charge is 2.18. The van der Waals surface area contributed by atoms with Crippen LogP contribution in [0.3, 0.4) is 0 Å². The molecule has 7 heteroatoms. The summed E-state index contributed by atoms with van der Waals surface area (Å²) in [5.41, 5.74) is 3.39. The third kappa shape index (κ3) is 3.75. The molecule has 3 aromatic rings. The topological polar surface area (TPSA) is 67.7 Å². The van der Waals surface area contributed by atoms with Gasteiger partial charge < -0.3 is 10.6 Å². The molecule has 0 aliphatic heterocycles. The molecule has 1 fully saturated rings. The van der Waals surface area contributed by atoms with Gasteiger partial charge in [-0.05, 0) is 30.9 Å². The summed E-state index contributed by atoms with van der Waals surface area (Å²) in [5.74, 6) is 1.53. The Balaban J connectivity index is 0.00000196. The van der Waals surface area contributed by atoms with Gasteiger partial charge in [0.05, 0.1) is 11.6 Å². The van der Waals surface area contributed by atoms with Gasteiger partial charge in [0.2, 0.25) is 5.95 Å². The second-order valence-corrected chi connectivity index (χ2v) is 6.81. The Kier molecular flexibility index (Phi) is 5.61. The van der Waals surface area contributed by atoms with Crippen LogP contribution in [0, 0.1) is 6.92 Å². The number of fused-ring (bicyclic) bond motifs is 1. The van der Waals surface area contributed by atoms with Crippen molar-refractivity contribution in [1.82, 2.24) is 19.7 Å². The summed E-state index contributed by atoms with van der Waals surface area (Å²) in [6.45, 7) is 2.86. The summed E-state index contributed by atoms with van der Waals surface area (Å²) in [5, 5.41) is 12.3. The molecular weight excluding hydrogens is 348 g/mol. The van der Waals surface area contributed by atoms with E-state index in [2.05, 4.69) is 51.9 Å². The van der Waals surface area contributed by atoms with Gasteiger partial charge in [0.25, 0.3) is 0 Å². The van der Waals surface area contributed by atoms with Gasteiger partial charge in [0.15, 0.2) is 5.65 Å². The van der Waals surface area contributed by atoms with Crippen molar-refractivity contribution in [3.63, 3.8) is 0 Å². The van der Waals surface area contributed by atoms with Crippen molar-refractivity contribution in [1.29, 1.82) is 0 Å². The lowest BCUT2D eigenvalue weighted by Gasteiger charge is -2.14. The second kappa shape index (κ2) is 7.91. The van der Waals surface area contributed by atoms with E-state index in [-0.39, 0.29) is 12.4 Å². The Morgan fingerprint density at radius 2 is 1.92 bits per heavy atom. The molecule has 138 valence electrons. The van der Waals surface area contributed by atoms with Crippen molar-refractivity contribution in [2.24, 2.45) is 7.05 Å². The second-order valence-electron chi connectivity index (χ2n) is 6.81. The molecule has 2 N–H and O–H groups in total. The first-order chi connectivity index (χ1) is 12.2. The highest BCUT2D eigenvalue weighted by Crippen LogP contribution is 2.25. The summed E-state index contributed by atoms with van der Waals surface area (Å²) in [7, 11) is 1.92. The molecule has 1 aromatic carbocycles. The van der Waals surface area contributed by atoms with Gasteiger partial charge in [-0.15, -0.1) is 12.4 Å². The fourth-order valence-electron chi connectivity index (χ4n) is 3.46. The molecule has 1 aliphatic carbocycles. The minimum Gasteiger partial charge on any atom is -0.365 e. The predicted molar refractivity (Wildman–Crippen MR) is 108 cm³/mol. The number of nitrogens with one attached hydrogen (secondary N) is 2. The summed E-state index contributed by atoms with van der Waals surface area (Å²) < 4.78 is 1.80. The van der Waals surface area contributed by atoms with Gasteiger partial charge in [-0.1, -0.05) is 37.1 Å². The van der Waals surface area contributed by atoms with Crippen LogP contribution in [0.15, 0.2) is 30.5 Å². The van der Waals surface area contributed by atoms with Crippen molar-refractivity contribution in [2.75, 3.05) is 10.6 Å². The Morgan fingerprint density at radius 3 is 2.69 bits per heavy atom. The van der Waals surface area contributed by atoms with E-state index in [4.69, 9.17) is 4.98 Å². The minimum atomic E-state index is 0. The quantitative estimate of drug-likeness (QED) is 0.706. The molecule has 0 bridgehead atoms. The molecule has 2 heterocycles. The third-order valence-corrected chi connectivity index (χ3v) is 4.99. The van der Waals surface area contributed by atoms with Crippen LogP contribution in [0.2, 0.25) is 0 Å². The summed E-state index contributed by atoms with van der Waals surface area (Å²) >= 11 is 0. The number of aromatic nitrogens is 4. The Morgan fingerprint density at radius 1 is 1.15 bits per heavy atom. The smallest absolute Gasteiger partial charge is 0.226 e. The van der Waals surface area contributed by atoms with Crippen molar-refractivity contribution in [2.45, 2.75) is 45.2 Å². The zero-order chi connectivity index (χ0) is 17.2. The Labute approximate surface area is 159 Å². The number of rotatable bonds is 5. The van der Waals surface area contributed by atoms with E-state index >= 15 is 0 Å². The lowest BCUT2D eigenvalue weighted by Crippen LogP contribution is -2.17. The average molecular weight is 373 g/mol. The van der Waals surface area contributed by atoms with Crippen LogP contribution < -0.4 is 10.6 Å². The van der Waals surface area contributed by atoms with E-state index < -0.39 is 0 Å². The number of halogens is 1. The molecule has 6 nitrogen and oxygen atoms in total. The largest absolute Gasteiger partial charge is 0.365 e. The van der Waals surface area contributed by atoms with Crippen LogP contribution in [-0.4, -0.2) is 25.8 Å². The molecule has 0 saturated heterocycles. The summed E-state index contributed by atoms with van der Waals surface area (Å²) in [6, 6.07) is 8.88. The Hall–Kier alpha value is -2.34. The molecule has 0 radical (unpaired) electrons. The monoisotopic (exact) mass is 372 g/mol. The summed E-state index contributed by atoms with van der Waals surface area (Å²) in [6.07, 6.45) is 6.78. The van der Waals surface area contributed by atoms with Crippen LogP contribution in [0.4, 0.5) is 11.8 Å². The summed E-state index contributed by atoms with van der Waals surface area (Å²) in [4.78, 5) is 9.41. The molecular formula is C19H25ClN6. The number of hydrogen-bond acceptors (Lipinski definition) is 5. The number of hydrogen-bond donors (Lipinski definition) is 2. The first kappa shape index (κ1) is 18.5. The fraction of sp³-hybridized carbons (Fsp3) is 0.421. The van der Waals surface area contributed by atoms with E-state index in [1.165, 1.54) is 36.8 Å².